The molecule has 1 aromatic carbocycles. The molecule has 2 aromatic rings. The van der Waals surface area contributed by atoms with E-state index in [2.05, 4.69) is 10.5 Å². The second-order valence-electron chi connectivity index (χ2n) is 3.82. The van der Waals surface area contributed by atoms with Crippen LogP contribution in [0, 0.1) is 6.92 Å². The Labute approximate surface area is 109 Å². The van der Waals surface area contributed by atoms with Crippen LogP contribution in [0.25, 0.3) is 0 Å². The van der Waals surface area contributed by atoms with Gasteiger partial charge < -0.3 is 9.26 Å². The Kier molecular flexibility index (Phi) is 3.92. The van der Waals surface area contributed by atoms with Crippen molar-refractivity contribution in [2.45, 2.75) is 13.5 Å². The van der Waals surface area contributed by atoms with Crippen LogP contribution in [0.4, 0.5) is 10.7 Å². The minimum atomic E-state index is -0.705. The molecule has 0 saturated heterocycles. The Morgan fingerprint density at radius 2 is 2.16 bits per heavy atom. The summed E-state index contributed by atoms with van der Waals surface area (Å²) in [6, 6.07) is 9.24. The van der Waals surface area contributed by atoms with Crippen molar-refractivity contribution in [3.8, 4) is 0 Å². The topological polar surface area (TPSA) is 81.4 Å². The molecule has 6 nitrogen and oxygen atoms in total. The highest BCUT2D eigenvalue weighted by atomic mass is 16.6. The third-order valence-corrected chi connectivity index (χ3v) is 2.45. The molecule has 0 aliphatic heterocycles. The van der Waals surface area contributed by atoms with E-state index in [1.807, 2.05) is 30.3 Å². The van der Waals surface area contributed by atoms with Gasteiger partial charge in [-0.3, -0.25) is 10.1 Å². The van der Waals surface area contributed by atoms with Gasteiger partial charge in [0.15, 0.2) is 6.29 Å². The summed E-state index contributed by atoms with van der Waals surface area (Å²) in [6.45, 7) is 1.74. The first-order chi connectivity index (χ1) is 9.20. The lowest BCUT2D eigenvalue weighted by atomic mass is 10.2. The smallest absolute Gasteiger partial charge is 0.414 e. The standard InChI is InChI=1S/C13H12N2O4/c1-9-11(7-16)12(19-15-9)14-13(17)18-8-10-5-3-2-4-6-10/h2-7H,8H2,1H3,(H,14,17). The summed E-state index contributed by atoms with van der Waals surface area (Å²) in [5.41, 5.74) is 1.48. The van der Waals surface area contributed by atoms with Crippen LogP contribution in [-0.2, 0) is 11.3 Å². The van der Waals surface area contributed by atoms with E-state index >= 15 is 0 Å². The normalized spacial score (nSPS) is 9.95. The maximum Gasteiger partial charge on any atom is 0.414 e. The van der Waals surface area contributed by atoms with Gasteiger partial charge in [-0.2, -0.15) is 0 Å². The molecule has 0 bridgehead atoms. The van der Waals surface area contributed by atoms with E-state index in [1.54, 1.807) is 6.92 Å². The van der Waals surface area contributed by atoms with Gasteiger partial charge in [0, 0.05) is 0 Å². The first kappa shape index (κ1) is 12.8. The maximum absolute atomic E-state index is 11.5. The summed E-state index contributed by atoms with van der Waals surface area (Å²) in [4.78, 5) is 22.3. The second kappa shape index (κ2) is 5.81. The third-order valence-electron chi connectivity index (χ3n) is 2.45. The summed E-state index contributed by atoms with van der Waals surface area (Å²) in [6.07, 6.45) is -0.137. The van der Waals surface area contributed by atoms with Gasteiger partial charge in [-0.15, -0.1) is 0 Å². The molecule has 98 valence electrons. The summed E-state index contributed by atoms with van der Waals surface area (Å²) >= 11 is 0. The van der Waals surface area contributed by atoms with Crippen molar-refractivity contribution in [3.05, 3.63) is 47.2 Å². The van der Waals surface area contributed by atoms with Crippen LogP contribution in [0.5, 0.6) is 0 Å². The molecule has 0 fully saturated rings. The fraction of sp³-hybridized carbons (Fsp3) is 0.154. The number of aromatic nitrogens is 1. The lowest BCUT2D eigenvalue weighted by molar-refractivity contribution is 0.112. The van der Waals surface area contributed by atoms with Crippen LogP contribution in [0.15, 0.2) is 34.9 Å². The monoisotopic (exact) mass is 260 g/mol. The van der Waals surface area contributed by atoms with Gasteiger partial charge in [0.05, 0.1) is 5.69 Å². The largest absolute Gasteiger partial charge is 0.444 e. The van der Waals surface area contributed by atoms with E-state index in [-0.39, 0.29) is 18.1 Å². The van der Waals surface area contributed by atoms with Crippen LogP contribution >= 0.6 is 0 Å². The third kappa shape index (κ3) is 3.19. The quantitative estimate of drug-likeness (QED) is 0.854. The van der Waals surface area contributed by atoms with Crippen LogP contribution in [0.3, 0.4) is 0 Å². The van der Waals surface area contributed by atoms with Crippen LogP contribution < -0.4 is 5.32 Å². The van der Waals surface area contributed by atoms with Gasteiger partial charge >= 0.3 is 6.09 Å². The van der Waals surface area contributed by atoms with Gasteiger partial charge in [0.1, 0.15) is 12.2 Å². The lowest BCUT2D eigenvalue weighted by Crippen LogP contribution is -2.14. The van der Waals surface area contributed by atoms with E-state index in [9.17, 15) is 9.59 Å². The van der Waals surface area contributed by atoms with E-state index in [0.29, 0.717) is 12.0 Å². The predicted octanol–water partition coefficient (Wildman–Crippen LogP) is 2.54. The Morgan fingerprint density at radius 1 is 1.42 bits per heavy atom. The molecule has 0 saturated carbocycles. The van der Waals surface area contributed by atoms with Crippen molar-refractivity contribution in [1.29, 1.82) is 0 Å². The molecule has 0 unspecified atom stereocenters. The van der Waals surface area contributed by atoms with E-state index < -0.39 is 6.09 Å². The highest BCUT2D eigenvalue weighted by Gasteiger charge is 2.15. The van der Waals surface area contributed by atoms with E-state index in [4.69, 9.17) is 9.26 Å². The number of hydrogen-bond donors (Lipinski definition) is 1. The summed E-state index contributed by atoms with van der Waals surface area (Å²) in [5, 5.41) is 5.91. The first-order valence-electron chi connectivity index (χ1n) is 5.60. The van der Waals surface area contributed by atoms with Crippen LogP contribution in [0.1, 0.15) is 21.6 Å². The van der Waals surface area contributed by atoms with Gasteiger partial charge in [-0.25, -0.2) is 4.79 Å². The molecule has 1 amide bonds. The maximum atomic E-state index is 11.5. The van der Waals surface area contributed by atoms with Crippen LogP contribution in [0.2, 0.25) is 0 Å². The minimum absolute atomic E-state index is 0.00874. The molecule has 19 heavy (non-hydrogen) atoms. The average Bonchev–Trinajstić information content (AvgIpc) is 2.78. The predicted molar refractivity (Wildman–Crippen MR) is 66.9 cm³/mol. The van der Waals surface area contributed by atoms with E-state index in [0.717, 1.165) is 5.56 Å². The number of benzene rings is 1. The number of nitrogens with zero attached hydrogens (tertiary/aromatic N) is 1. The van der Waals surface area contributed by atoms with E-state index in [1.165, 1.54) is 0 Å². The molecular formula is C13H12N2O4. The molecule has 0 spiro atoms. The molecule has 0 atom stereocenters. The van der Waals surface area contributed by atoms with Gasteiger partial charge in [0.2, 0.25) is 5.88 Å². The van der Waals surface area contributed by atoms with Crippen molar-refractivity contribution < 1.29 is 18.8 Å². The number of aryl methyl sites for hydroxylation is 1. The summed E-state index contributed by atoms with van der Waals surface area (Å²) in [7, 11) is 0. The van der Waals surface area contributed by atoms with Gasteiger partial charge in [-0.1, -0.05) is 35.5 Å². The number of hydrogen-bond acceptors (Lipinski definition) is 5. The SMILES string of the molecule is Cc1noc(NC(=O)OCc2ccccc2)c1C=O. The average molecular weight is 260 g/mol. The highest BCUT2D eigenvalue weighted by Crippen LogP contribution is 2.16. The minimum Gasteiger partial charge on any atom is -0.444 e. The number of carbonyl (C=O) groups excluding carboxylic acids is 2. The second-order valence-corrected chi connectivity index (χ2v) is 3.82. The first-order valence-corrected chi connectivity index (χ1v) is 5.60. The fourth-order valence-corrected chi connectivity index (χ4v) is 1.46. The number of nitrogens with one attached hydrogen (secondary N) is 1. The molecule has 1 heterocycles. The zero-order valence-electron chi connectivity index (χ0n) is 10.3. The Balaban J connectivity index is 1.93. The molecule has 1 aromatic heterocycles. The molecule has 1 N–H and O–H groups in total. The van der Waals surface area contributed by atoms with Gasteiger partial charge in [-0.05, 0) is 12.5 Å². The number of ether oxygens (including phenoxy) is 1. The zero-order chi connectivity index (χ0) is 13.7. The number of rotatable bonds is 4. The number of aldehydes is 1. The molecule has 6 heteroatoms. The molecule has 2 rings (SSSR count). The van der Waals surface area contributed by atoms with Gasteiger partial charge in [0.25, 0.3) is 0 Å². The lowest BCUT2D eigenvalue weighted by Gasteiger charge is -2.04. The Hall–Kier alpha value is -2.63. The molecular weight excluding hydrogens is 248 g/mol. The number of amides is 1. The summed E-state index contributed by atoms with van der Waals surface area (Å²) < 4.78 is 9.80. The molecule has 0 aliphatic carbocycles. The zero-order valence-corrected chi connectivity index (χ0v) is 10.3. The number of anilines is 1. The number of carbonyl (C=O) groups is 2. The van der Waals surface area contributed by atoms with Crippen molar-refractivity contribution in [1.82, 2.24) is 5.16 Å². The van der Waals surface area contributed by atoms with Crippen molar-refractivity contribution >= 4 is 18.3 Å². The van der Waals surface area contributed by atoms with Crippen molar-refractivity contribution in [2.75, 3.05) is 5.32 Å². The van der Waals surface area contributed by atoms with Crippen molar-refractivity contribution in [3.63, 3.8) is 0 Å². The Bertz CT molecular complexity index is 578. The molecule has 0 aliphatic rings. The highest BCUT2D eigenvalue weighted by molar-refractivity contribution is 5.91. The molecule has 0 radical (unpaired) electrons. The van der Waals surface area contributed by atoms with Crippen LogP contribution in [-0.4, -0.2) is 17.5 Å². The Morgan fingerprint density at radius 3 is 2.84 bits per heavy atom. The summed E-state index contributed by atoms with van der Waals surface area (Å²) in [5.74, 6) is -0.00874. The van der Waals surface area contributed by atoms with Crippen molar-refractivity contribution in [2.24, 2.45) is 0 Å². The fourth-order valence-electron chi connectivity index (χ4n) is 1.46.